The van der Waals surface area contributed by atoms with Gasteiger partial charge in [0.25, 0.3) is 0 Å². The van der Waals surface area contributed by atoms with Crippen LogP contribution in [0.5, 0.6) is 0 Å². The van der Waals surface area contributed by atoms with Gasteiger partial charge in [-0.15, -0.1) is 0 Å². The fourth-order valence-electron chi connectivity index (χ4n) is 1.81. The van der Waals surface area contributed by atoms with Crippen molar-refractivity contribution in [2.45, 2.75) is 40.7 Å². The van der Waals surface area contributed by atoms with Gasteiger partial charge < -0.3 is 9.80 Å². The average molecular weight is 228 g/mol. The van der Waals surface area contributed by atoms with Crippen molar-refractivity contribution in [3.05, 3.63) is 11.5 Å². The van der Waals surface area contributed by atoms with E-state index in [0.717, 1.165) is 26.2 Å². The molecule has 0 atom stereocenters. The summed E-state index contributed by atoms with van der Waals surface area (Å²) in [6, 6.07) is 1.36. The predicted octanol–water partition coefficient (Wildman–Crippen LogP) is 2.08. The van der Waals surface area contributed by atoms with Gasteiger partial charge in [0.05, 0.1) is 9.52 Å². The van der Waals surface area contributed by atoms with Crippen molar-refractivity contribution in [3.63, 3.8) is 0 Å². The molecule has 0 saturated carbocycles. The lowest BCUT2D eigenvalue weighted by atomic mass is 10.5. The molecular weight excluding hydrogens is 200 g/mol. The third-order valence-corrected chi connectivity index (χ3v) is 4.46. The van der Waals surface area contributed by atoms with E-state index in [0.29, 0.717) is 0 Å². The molecule has 0 heterocycles. The van der Waals surface area contributed by atoms with E-state index in [9.17, 15) is 0 Å². The Hall–Kier alpha value is -0.443. The maximum absolute atomic E-state index is 2.52. The molecule has 0 spiro atoms. The van der Waals surface area contributed by atoms with Crippen LogP contribution in [0.15, 0.2) is 11.5 Å². The van der Waals surface area contributed by atoms with Crippen LogP contribution in [0.4, 0.5) is 0 Å². The van der Waals surface area contributed by atoms with Gasteiger partial charge >= 0.3 is 0 Å². The first-order chi connectivity index (χ1) is 7.23. The van der Waals surface area contributed by atoms with Crippen LogP contribution in [0.25, 0.3) is 0 Å². The summed E-state index contributed by atoms with van der Waals surface area (Å²) in [7, 11) is -0.0498. The SMILES string of the molecule is CC[SiH2]C(=CN(CC)CC)N(CC)CC. The van der Waals surface area contributed by atoms with E-state index < -0.39 is 0 Å². The molecule has 0 aliphatic carbocycles. The molecule has 0 fully saturated rings. The van der Waals surface area contributed by atoms with Gasteiger partial charge in [-0.3, -0.25) is 0 Å². The zero-order valence-corrected chi connectivity index (χ0v) is 12.6. The second-order valence-corrected chi connectivity index (χ2v) is 5.99. The van der Waals surface area contributed by atoms with Gasteiger partial charge in [-0.25, -0.2) is 0 Å². The molecule has 90 valence electrons. The van der Waals surface area contributed by atoms with Crippen LogP contribution in [-0.2, 0) is 0 Å². The van der Waals surface area contributed by atoms with Crippen LogP contribution in [-0.4, -0.2) is 45.5 Å². The molecular formula is C12H28N2Si. The molecule has 3 heteroatoms. The first-order valence-electron chi connectivity index (χ1n) is 6.42. The van der Waals surface area contributed by atoms with E-state index in [2.05, 4.69) is 50.6 Å². The highest BCUT2D eigenvalue weighted by Gasteiger charge is 2.06. The van der Waals surface area contributed by atoms with Crippen molar-refractivity contribution in [1.82, 2.24) is 9.80 Å². The highest BCUT2D eigenvalue weighted by Crippen LogP contribution is 2.06. The fraction of sp³-hybridized carbons (Fsp3) is 0.833. The van der Waals surface area contributed by atoms with Crippen molar-refractivity contribution < 1.29 is 0 Å². The normalized spacial score (nSPS) is 12.5. The molecule has 0 unspecified atom stereocenters. The lowest BCUT2D eigenvalue weighted by molar-refractivity contribution is 0.368. The number of hydrogen-bond acceptors (Lipinski definition) is 2. The molecule has 0 radical (unpaired) electrons. The Balaban J connectivity index is 4.59. The van der Waals surface area contributed by atoms with E-state index in [1.807, 2.05) is 0 Å². The summed E-state index contributed by atoms with van der Waals surface area (Å²) in [6.45, 7) is 15.8. The smallest absolute Gasteiger partial charge is 0.0769 e. The Labute approximate surface area is 98.2 Å². The maximum Gasteiger partial charge on any atom is 0.0769 e. The molecule has 0 aromatic carbocycles. The summed E-state index contributed by atoms with van der Waals surface area (Å²) in [5.74, 6) is 0. The molecule has 0 rings (SSSR count). The van der Waals surface area contributed by atoms with Crippen LogP contribution in [0, 0.1) is 0 Å². The van der Waals surface area contributed by atoms with Crippen LogP contribution in [0.1, 0.15) is 34.6 Å². The standard InChI is InChI=1S/C12H28N2Si/c1-6-13(7-2)11-12(15-10-5)14(8-3)9-4/h11H,6-10,15H2,1-5H3. The Morgan fingerprint density at radius 3 is 1.80 bits per heavy atom. The highest BCUT2D eigenvalue weighted by molar-refractivity contribution is 6.44. The lowest BCUT2D eigenvalue weighted by Gasteiger charge is -2.27. The molecule has 15 heavy (non-hydrogen) atoms. The van der Waals surface area contributed by atoms with Crippen molar-refractivity contribution in [3.8, 4) is 0 Å². The van der Waals surface area contributed by atoms with Crippen molar-refractivity contribution in [2.24, 2.45) is 0 Å². The van der Waals surface area contributed by atoms with E-state index in [1.165, 1.54) is 6.04 Å². The minimum Gasteiger partial charge on any atom is -0.378 e. The Kier molecular flexibility index (Phi) is 8.57. The summed E-state index contributed by atoms with van der Waals surface area (Å²) in [6.07, 6.45) is 2.41. The second kappa shape index (κ2) is 8.83. The Morgan fingerprint density at radius 1 is 0.933 bits per heavy atom. The number of nitrogens with zero attached hydrogens (tertiary/aromatic N) is 2. The van der Waals surface area contributed by atoms with Gasteiger partial charge in [0.2, 0.25) is 0 Å². The molecule has 0 aliphatic heterocycles. The third-order valence-electron chi connectivity index (χ3n) is 2.82. The molecule has 0 amide bonds. The maximum atomic E-state index is 2.52. The van der Waals surface area contributed by atoms with Crippen molar-refractivity contribution in [2.75, 3.05) is 26.2 Å². The Morgan fingerprint density at radius 2 is 1.47 bits per heavy atom. The number of rotatable bonds is 8. The topological polar surface area (TPSA) is 6.48 Å². The predicted molar refractivity (Wildman–Crippen MR) is 73.0 cm³/mol. The van der Waals surface area contributed by atoms with E-state index in [1.54, 1.807) is 5.32 Å². The summed E-state index contributed by atoms with van der Waals surface area (Å²) in [5.41, 5.74) is 0. The molecule has 0 aliphatic rings. The zero-order valence-electron chi connectivity index (χ0n) is 11.2. The first-order valence-corrected chi connectivity index (χ1v) is 8.13. The minimum absolute atomic E-state index is 0.0498. The van der Waals surface area contributed by atoms with Crippen molar-refractivity contribution in [1.29, 1.82) is 0 Å². The van der Waals surface area contributed by atoms with E-state index in [4.69, 9.17) is 0 Å². The minimum atomic E-state index is -0.0498. The van der Waals surface area contributed by atoms with Crippen LogP contribution in [0.3, 0.4) is 0 Å². The van der Waals surface area contributed by atoms with Crippen LogP contribution < -0.4 is 0 Å². The van der Waals surface area contributed by atoms with Crippen molar-refractivity contribution >= 4 is 9.52 Å². The summed E-state index contributed by atoms with van der Waals surface area (Å²) >= 11 is 0. The van der Waals surface area contributed by atoms with E-state index in [-0.39, 0.29) is 9.52 Å². The molecule has 0 aromatic heterocycles. The Bertz CT molecular complexity index is 172. The summed E-state index contributed by atoms with van der Waals surface area (Å²) < 4.78 is 0. The van der Waals surface area contributed by atoms with Gasteiger partial charge in [-0.2, -0.15) is 0 Å². The average Bonchev–Trinajstić information content (AvgIpc) is 2.27. The van der Waals surface area contributed by atoms with Gasteiger partial charge in [0.1, 0.15) is 0 Å². The van der Waals surface area contributed by atoms with E-state index >= 15 is 0 Å². The van der Waals surface area contributed by atoms with Gasteiger partial charge in [-0.05, 0) is 27.7 Å². The monoisotopic (exact) mass is 228 g/mol. The fourth-order valence-corrected chi connectivity index (χ4v) is 3.47. The second-order valence-electron chi connectivity index (χ2n) is 3.76. The molecule has 0 saturated heterocycles. The van der Waals surface area contributed by atoms with Gasteiger partial charge in [0, 0.05) is 37.7 Å². The first kappa shape index (κ1) is 14.6. The molecule has 0 bridgehead atoms. The third kappa shape index (κ3) is 5.26. The summed E-state index contributed by atoms with van der Waals surface area (Å²) in [5, 5.41) is 1.63. The largest absolute Gasteiger partial charge is 0.378 e. The molecule has 0 N–H and O–H groups in total. The molecule has 2 nitrogen and oxygen atoms in total. The summed E-state index contributed by atoms with van der Waals surface area (Å²) in [4.78, 5) is 4.93. The van der Waals surface area contributed by atoms with Crippen LogP contribution in [0.2, 0.25) is 6.04 Å². The van der Waals surface area contributed by atoms with Gasteiger partial charge in [-0.1, -0.05) is 13.0 Å². The highest BCUT2D eigenvalue weighted by atomic mass is 28.2. The van der Waals surface area contributed by atoms with Crippen LogP contribution >= 0.6 is 0 Å². The quantitative estimate of drug-likeness (QED) is 0.587. The van der Waals surface area contributed by atoms with Gasteiger partial charge in [0.15, 0.2) is 0 Å². The molecule has 0 aromatic rings. The lowest BCUT2D eigenvalue weighted by Crippen LogP contribution is -2.28. The number of hydrogen-bond donors (Lipinski definition) is 0. The zero-order chi connectivity index (χ0) is 11.7.